The molecular weight excluding hydrogens is 182 g/mol. The Labute approximate surface area is 94.3 Å². The van der Waals surface area contributed by atoms with Crippen LogP contribution in [-0.2, 0) is 0 Å². The number of rotatable bonds is 6. The summed E-state index contributed by atoms with van der Waals surface area (Å²) < 4.78 is 0. The summed E-state index contributed by atoms with van der Waals surface area (Å²) in [4.78, 5) is 0. The van der Waals surface area contributed by atoms with Crippen LogP contribution in [0.3, 0.4) is 0 Å². The van der Waals surface area contributed by atoms with E-state index in [1.54, 1.807) is 5.57 Å². The lowest BCUT2D eigenvalue weighted by Gasteiger charge is -2.25. The minimum Gasteiger partial charge on any atom is -0.313 e. The Morgan fingerprint density at radius 3 is 2.73 bits per heavy atom. The lowest BCUT2D eigenvalue weighted by atomic mass is 9.85. The van der Waals surface area contributed by atoms with Crippen LogP contribution < -0.4 is 5.32 Å². The first-order valence-corrected chi connectivity index (χ1v) is 6.62. The first-order valence-electron chi connectivity index (χ1n) is 6.62. The maximum Gasteiger partial charge on any atom is 0.0164 e. The van der Waals surface area contributed by atoms with Crippen LogP contribution in [0.25, 0.3) is 0 Å². The van der Waals surface area contributed by atoms with Gasteiger partial charge in [0.05, 0.1) is 0 Å². The zero-order chi connectivity index (χ0) is 10.8. The highest BCUT2D eigenvalue weighted by molar-refractivity contribution is 5.09. The molecule has 1 heteroatoms. The Morgan fingerprint density at radius 1 is 1.47 bits per heavy atom. The van der Waals surface area contributed by atoms with Crippen LogP contribution >= 0.6 is 0 Å². The summed E-state index contributed by atoms with van der Waals surface area (Å²) in [7, 11) is 0. The van der Waals surface area contributed by atoms with E-state index >= 15 is 0 Å². The molecule has 0 bridgehead atoms. The molecule has 0 saturated heterocycles. The summed E-state index contributed by atoms with van der Waals surface area (Å²) in [6, 6.07) is 0. The Kier molecular flexibility index (Phi) is 3.50. The molecule has 2 saturated carbocycles. The quantitative estimate of drug-likeness (QED) is 0.659. The van der Waals surface area contributed by atoms with Crippen LogP contribution in [-0.4, -0.2) is 13.1 Å². The lowest BCUT2D eigenvalue weighted by molar-refractivity contribution is 0.279. The molecule has 15 heavy (non-hydrogen) atoms. The number of hydrogen-bond acceptors (Lipinski definition) is 1. The molecule has 2 fully saturated rings. The molecule has 0 aromatic rings. The van der Waals surface area contributed by atoms with Gasteiger partial charge in [-0.3, -0.25) is 0 Å². The number of hydrogen-bond donors (Lipinski definition) is 1. The highest BCUT2D eigenvalue weighted by Gasteiger charge is 2.59. The molecule has 4 atom stereocenters. The van der Waals surface area contributed by atoms with Crippen molar-refractivity contribution in [1.82, 2.24) is 5.32 Å². The minimum absolute atomic E-state index is 1.00. The van der Waals surface area contributed by atoms with Gasteiger partial charge >= 0.3 is 0 Å². The van der Waals surface area contributed by atoms with E-state index in [1.807, 2.05) is 0 Å². The average molecular weight is 207 g/mol. The van der Waals surface area contributed by atoms with E-state index in [1.165, 1.54) is 25.8 Å². The van der Waals surface area contributed by atoms with Gasteiger partial charge in [0, 0.05) is 6.54 Å². The number of allylic oxidation sites excluding steroid dienone is 1. The zero-order valence-electron chi connectivity index (χ0n) is 10.4. The standard InChI is InChI=1S/C14H25N/c1-4-6-11(5-2)8-15-9-12-7-13-10(3)14(12)13/h5,10,12-15H,4,6-9H2,1-3H3. The van der Waals surface area contributed by atoms with Crippen molar-refractivity contribution < 1.29 is 0 Å². The van der Waals surface area contributed by atoms with E-state index in [0.717, 1.165) is 30.2 Å². The Bertz CT molecular complexity index is 240. The van der Waals surface area contributed by atoms with Crippen LogP contribution in [0.5, 0.6) is 0 Å². The van der Waals surface area contributed by atoms with Crippen LogP contribution in [0, 0.1) is 23.7 Å². The average Bonchev–Trinajstić information content (AvgIpc) is 2.72. The van der Waals surface area contributed by atoms with Crippen molar-refractivity contribution in [2.24, 2.45) is 23.7 Å². The van der Waals surface area contributed by atoms with Gasteiger partial charge in [0.2, 0.25) is 0 Å². The first-order chi connectivity index (χ1) is 7.27. The van der Waals surface area contributed by atoms with Crippen LogP contribution in [0.2, 0.25) is 0 Å². The molecule has 0 spiro atoms. The molecule has 86 valence electrons. The van der Waals surface area contributed by atoms with Gasteiger partial charge in [0.1, 0.15) is 0 Å². The third-order valence-electron chi connectivity index (χ3n) is 4.49. The molecule has 0 amide bonds. The van der Waals surface area contributed by atoms with Crippen molar-refractivity contribution in [1.29, 1.82) is 0 Å². The van der Waals surface area contributed by atoms with Crippen molar-refractivity contribution in [3.63, 3.8) is 0 Å². The molecule has 0 aliphatic heterocycles. The summed E-state index contributed by atoms with van der Waals surface area (Å²) in [5.74, 6) is 4.27. The topological polar surface area (TPSA) is 12.0 Å². The van der Waals surface area contributed by atoms with E-state index in [4.69, 9.17) is 0 Å². The largest absolute Gasteiger partial charge is 0.313 e. The molecule has 0 radical (unpaired) electrons. The monoisotopic (exact) mass is 207 g/mol. The lowest BCUT2D eigenvalue weighted by Crippen LogP contribution is -2.30. The maximum absolute atomic E-state index is 3.63. The van der Waals surface area contributed by atoms with Gasteiger partial charge < -0.3 is 5.32 Å². The van der Waals surface area contributed by atoms with E-state index in [9.17, 15) is 0 Å². The molecule has 0 aromatic heterocycles. The van der Waals surface area contributed by atoms with Gasteiger partial charge in [0.25, 0.3) is 0 Å². The molecule has 2 rings (SSSR count). The molecule has 0 aromatic carbocycles. The van der Waals surface area contributed by atoms with E-state index < -0.39 is 0 Å². The third kappa shape index (κ3) is 2.28. The van der Waals surface area contributed by atoms with Crippen molar-refractivity contribution in [2.45, 2.75) is 40.0 Å². The SMILES string of the molecule is CC=C(CCC)CNCC1CC2C(C)C12. The second-order valence-corrected chi connectivity index (χ2v) is 5.42. The smallest absolute Gasteiger partial charge is 0.0164 e. The zero-order valence-corrected chi connectivity index (χ0v) is 10.4. The number of nitrogens with one attached hydrogen (secondary N) is 1. The molecule has 2 aliphatic rings. The molecule has 1 nitrogen and oxygen atoms in total. The van der Waals surface area contributed by atoms with Gasteiger partial charge in [-0.05, 0) is 50.0 Å². The molecule has 4 unspecified atom stereocenters. The Balaban J connectivity index is 1.59. The van der Waals surface area contributed by atoms with E-state index in [0.29, 0.717) is 0 Å². The molecule has 0 heterocycles. The Hall–Kier alpha value is -0.300. The van der Waals surface area contributed by atoms with Crippen molar-refractivity contribution >= 4 is 0 Å². The summed E-state index contributed by atoms with van der Waals surface area (Å²) in [6.45, 7) is 9.21. The van der Waals surface area contributed by atoms with Gasteiger partial charge in [-0.1, -0.05) is 31.9 Å². The van der Waals surface area contributed by atoms with Crippen LogP contribution in [0.4, 0.5) is 0 Å². The van der Waals surface area contributed by atoms with Crippen molar-refractivity contribution in [3.8, 4) is 0 Å². The second kappa shape index (κ2) is 4.69. The second-order valence-electron chi connectivity index (χ2n) is 5.42. The van der Waals surface area contributed by atoms with Gasteiger partial charge in [-0.25, -0.2) is 0 Å². The fourth-order valence-electron chi connectivity index (χ4n) is 3.33. The third-order valence-corrected chi connectivity index (χ3v) is 4.49. The fourth-order valence-corrected chi connectivity index (χ4v) is 3.33. The molecular formula is C14H25N. The highest BCUT2D eigenvalue weighted by Crippen LogP contribution is 2.64. The van der Waals surface area contributed by atoms with Crippen LogP contribution in [0.15, 0.2) is 11.6 Å². The van der Waals surface area contributed by atoms with Crippen molar-refractivity contribution in [3.05, 3.63) is 11.6 Å². The summed E-state index contributed by atoms with van der Waals surface area (Å²) in [6.07, 6.45) is 6.31. The first kappa shape index (κ1) is 11.2. The van der Waals surface area contributed by atoms with E-state index in [-0.39, 0.29) is 0 Å². The Morgan fingerprint density at radius 2 is 2.27 bits per heavy atom. The predicted molar refractivity (Wildman–Crippen MR) is 65.8 cm³/mol. The maximum atomic E-state index is 3.63. The highest BCUT2D eigenvalue weighted by atomic mass is 14.9. The summed E-state index contributed by atoms with van der Waals surface area (Å²) in [5.41, 5.74) is 1.58. The van der Waals surface area contributed by atoms with Gasteiger partial charge in [-0.15, -0.1) is 0 Å². The molecule has 1 N–H and O–H groups in total. The summed E-state index contributed by atoms with van der Waals surface area (Å²) >= 11 is 0. The normalized spacial score (nSPS) is 38.5. The minimum atomic E-state index is 1.00. The van der Waals surface area contributed by atoms with E-state index in [2.05, 4.69) is 32.2 Å². The van der Waals surface area contributed by atoms with Gasteiger partial charge in [0.15, 0.2) is 0 Å². The fraction of sp³-hybridized carbons (Fsp3) is 0.857. The predicted octanol–water partition coefficient (Wildman–Crippen LogP) is 3.22. The molecule has 2 aliphatic carbocycles. The van der Waals surface area contributed by atoms with Gasteiger partial charge in [-0.2, -0.15) is 0 Å². The number of fused-ring (bicyclic) bond motifs is 1. The van der Waals surface area contributed by atoms with Crippen molar-refractivity contribution in [2.75, 3.05) is 13.1 Å². The summed E-state index contributed by atoms with van der Waals surface area (Å²) in [5, 5.41) is 3.63. The van der Waals surface area contributed by atoms with Crippen LogP contribution in [0.1, 0.15) is 40.0 Å².